The number of rotatable bonds is 5. The first-order valence-corrected chi connectivity index (χ1v) is 6.86. The Morgan fingerprint density at radius 1 is 1.38 bits per heavy atom. The van der Waals surface area contributed by atoms with Gasteiger partial charge in [0.25, 0.3) is 0 Å². The summed E-state index contributed by atoms with van der Waals surface area (Å²) in [4.78, 5) is 11.0. The minimum absolute atomic E-state index is 0.0347. The van der Waals surface area contributed by atoms with Crippen molar-refractivity contribution >= 4 is 5.97 Å². The van der Waals surface area contributed by atoms with Gasteiger partial charge >= 0.3 is 5.97 Å². The maximum Gasteiger partial charge on any atom is 0.353 e. The van der Waals surface area contributed by atoms with Gasteiger partial charge in [-0.15, -0.1) is 0 Å². The second-order valence-corrected chi connectivity index (χ2v) is 5.62. The quantitative estimate of drug-likeness (QED) is 0.883. The molecule has 0 fully saturated rings. The van der Waals surface area contributed by atoms with Gasteiger partial charge in [-0.25, -0.2) is 4.79 Å². The Kier molecular flexibility index (Phi) is 4.02. The normalized spacial score (nSPS) is 11.4. The van der Waals surface area contributed by atoms with Crippen LogP contribution in [0.1, 0.15) is 43.2 Å². The van der Waals surface area contributed by atoms with Gasteiger partial charge in [-0.1, -0.05) is 26.8 Å². The summed E-state index contributed by atoms with van der Waals surface area (Å²) in [6, 6.07) is 7.47. The number of nitrogens with one attached hydrogen (secondary N) is 1. The lowest BCUT2D eigenvalue weighted by Crippen LogP contribution is -2.15. The maximum atomic E-state index is 11.0. The largest absolute Gasteiger partial charge is 0.496 e. The van der Waals surface area contributed by atoms with Gasteiger partial charge < -0.3 is 9.84 Å². The van der Waals surface area contributed by atoms with E-state index < -0.39 is 5.97 Å². The van der Waals surface area contributed by atoms with Crippen LogP contribution in [-0.2, 0) is 5.41 Å². The Morgan fingerprint density at radius 2 is 2.10 bits per heavy atom. The van der Waals surface area contributed by atoms with Crippen LogP contribution in [0.3, 0.4) is 0 Å². The molecule has 2 N–H and O–H groups in total. The lowest BCUT2D eigenvalue weighted by atomic mass is 9.81. The summed E-state index contributed by atoms with van der Waals surface area (Å²) in [7, 11) is 1.59. The lowest BCUT2D eigenvalue weighted by Gasteiger charge is -2.24. The van der Waals surface area contributed by atoms with Gasteiger partial charge in [0.2, 0.25) is 0 Å². The van der Waals surface area contributed by atoms with Crippen LogP contribution in [0.2, 0.25) is 0 Å². The van der Waals surface area contributed by atoms with Gasteiger partial charge in [-0.3, -0.25) is 5.10 Å². The number of aromatic carboxylic acids is 1. The summed E-state index contributed by atoms with van der Waals surface area (Å²) in [5.41, 5.74) is 2.62. The molecule has 0 spiro atoms. The van der Waals surface area contributed by atoms with Crippen LogP contribution in [0.25, 0.3) is 11.3 Å². The van der Waals surface area contributed by atoms with E-state index in [9.17, 15) is 4.79 Å². The summed E-state index contributed by atoms with van der Waals surface area (Å²) in [6.07, 6.45) is 1.000. The third-order valence-corrected chi connectivity index (χ3v) is 3.95. The van der Waals surface area contributed by atoms with Crippen molar-refractivity contribution in [3.8, 4) is 17.0 Å². The molecule has 2 aromatic rings. The summed E-state index contributed by atoms with van der Waals surface area (Å²) in [5, 5.41) is 15.6. The maximum absolute atomic E-state index is 11.0. The molecule has 0 aliphatic rings. The molecule has 0 aliphatic heterocycles. The first-order chi connectivity index (χ1) is 9.89. The van der Waals surface area contributed by atoms with Gasteiger partial charge in [0.05, 0.1) is 12.8 Å². The molecule has 1 aromatic carbocycles. The van der Waals surface area contributed by atoms with Crippen LogP contribution in [0.15, 0.2) is 24.3 Å². The third kappa shape index (κ3) is 2.91. The molecule has 1 aromatic heterocycles. The summed E-state index contributed by atoms with van der Waals surface area (Å²) in [5.74, 6) is -0.355. The number of hydrogen-bond donors (Lipinski definition) is 2. The highest BCUT2D eigenvalue weighted by Gasteiger charge is 2.21. The Morgan fingerprint density at radius 3 is 2.62 bits per heavy atom. The number of nitrogens with zero attached hydrogens (tertiary/aromatic N) is 1. The zero-order valence-corrected chi connectivity index (χ0v) is 12.7. The van der Waals surface area contributed by atoms with Crippen molar-refractivity contribution in [3.05, 3.63) is 35.5 Å². The molecule has 0 unspecified atom stereocenters. The number of aromatic nitrogens is 2. The first-order valence-electron chi connectivity index (χ1n) is 6.86. The molecule has 2 rings (SSSR count). The minimum Gasteiger partial charge on any atom is -0.496 e. The number of ether oxygens (including phenoxy) is 1. The SMILES string of the molecule is CCC(C)(C)c1ccc(OC)c(-c2cc(C(=O)O)[nH]n2)c1. The van der Waals surface area contributed by atoms with Crippen LogP contribution < -0.4 is 4.74 Å². The zero-order chi connectivity index (χ0) is 15.6. The number of carboxylic acid groups (broad SMARTS) is 1. The Balaban J connectivity index is 2.54. The number of hydrogen-bond acceptors (Lipinski definition) is 3. The molecule has 0 aliphatic carbocycles. The Labute approximate surface area is 124 Å². The molecule has 0 atom stereocenters. The van der Waals surface area contributed by atoms with E-state index in [1.54, 1.807) is 7.11 Å². The summed E-state index contributed by atoms with van der Waals surface area (Å²) in [6.45, 7) is 6.48. The molecule has 0 saturated heterocycles. The Bertz CT molecular complexity index is 659. The predicted molar refractivity (Wildman–Crippen MR) is 80.9 cm³/mol. The van der Waals surface area contributed by atoms with E-state index in [1.807, 2.05) is 18.2 Å². The van der Waals surface area contributed by atoms with Gasteiger partial charge in [-0.2, -0.15) is 5.10 Å². The van der Waals surface area contributed by atoms with Gasteiger partial charge in [0, 0.05) is 5.56 Å². The number of benzene rings is 1. The topological polar surface area (TPSA) is 75.2 Å². The standard InChI is InChI=1S/C16H20N2O3/c1-5-16(2,3)10-6-7-14(21-4)11(8-10)12-9-13(15(19)20)18-17-12/h6-9H,5H2,1-4H3,(H,17,18)(H,19,20). The molecule has 112 valence electrons. The summed E-state index contributed by atoms with van der Waals surface area (Å²) < 4.78 is 5.37. The van der Waals surface area contributed by atoms with Crippen LogP contribution in [0, 0.1) is 0 Å². The van der Waals surface area contributed by atoms with Crippen molar-refractivity contribution in [2.75, 3.05) is 7.11 Å². The van der Waals surface area contributed by atoms with Crippen LogP contribution in [0.5, 0.6) is 5.75 Å². The number of aromatic amines is 1. The van der Waals surface area contributed by atoms with Crippen molar-refractivity contribution in [2.45, 2.75) is 32.6 Å². The van der Waals surface area contributed by atoms with Gasteiger partial charge in [0.1, 0.15) is 11.4 Å². The second-order valence-electron chi connectivity index (χ2n) is 5.62. The molecular weight excluding hydrogens is 268 g/mol. The molecule has 21 heavy (non-hydrogen) atoms. The van der Waals surface area contributed by atoms with E-state index in [0.717, 1.165) is 12.0 Å². The lowest BCUT2D eigenvalue weighted by molar-refractivity contribution is 0.0690. The number of H-pyrrole nitrogens is 1. The molecule has 0 amide bonds. The van der Waals surface area contributed by atoms with E-state index in [-0.39, 0.29) is 11.1 Å². The van der Waals surface area contributed by atoms with Crippen molar-refractivity contribution < 1.29 is 14.6 Å². The zero-order valence-electron chi connectivity index (χ0n) is 12.7. The second kappa shape index (κ2) is 5.60. The van der Waals surface area contributed by atoms with Crippen LogP contribution >= 0.6 is 0 Å². The molecule has 1 heterocycles. The van der Waals surface area contributed by atoms with E-state index in [2.05, 4.69) is 31.0 Å². The van der Waals surface area contributed by atoms with Crippen molar-refractivity contribution in [3.63, 3.8) is 0 Å². The fourth-order valence-electron chi connectivity index (χ4n) is 2.10. The molecule has 0 saturated carbocycles. The highest BCUT2D eigenvalue weighted by Crippen LogP contribution is 2.35. The average molecular weight is 288 g/mol. The fourth-order valence-corrected chi connectivity index (χ4v) is 2.10. The van der Waals surface area contributed by atoms with Crippen LogP contribution in [-0.4, -0.2) is 28.4 Å². The molecule has 0 radical (unpaired) electrons. The minimum atomic E-state index is -1.03. The van der Waals surface area contributed by atoms with Crippen molar-refractivity contribution in [2.24, 2.45) is 0 Å². The van der Waals surface area contributed by atoms with Crippen molar-refractivity contribution in [1.29, 1.82) is 0 Å². The Hall–Kier alpha value is -2.30. The molecular formula is C16H20N2O3. The smallest absolute Gasteiger partial charge is 0.353 e. The number of methoxy groups -OCH3 is 1. The van der Waals surface area contributed by atoms with E-state index in [1.165, 1.54) is 11.6 Å². The monoisotopic (exact) mass is 288 g/mol. The van der Waals surface area contributed by atoms with Crippen LogP contribution in [0.4, 0.5) is 0 Å². The molecule has 0 bridgehead atoms. The van der Waals surface area contributed by atoms with Gasteiger partial charge in [0.15, 0.2) is 0 Å². The predicted octanol–water partition coefficient (Wildman–Crippen LogP) is 3.47. The third-order valence-electron chi connectivity index (χ3n) is 3.95. The molecule has 5 nitrogen and oxygen atoms in total. The van der Waals surface area contributed by atoms with E-state index in [0.29, 0.717) is 11.4 Å². The van der Waals surface area contributed by atoms with E-state index >= 15 is 0 Å². The fraction of sp³-hybridized carbons (Fsp3) is 0.375. The number of carboxylic acids is 1. The first kappa shape index (κ1) is 15.1. The van der Waals surface area contributed by atoms with Gasteiger partial charge in [-0.05, 0) is 35.6 Å². The number of carbonyl (C=O) groups is 1. The van der Waals surface area contributed by atoms with E-state index in [4.69, 9.17) is 9.84 Å². The summed E-state index contributed by atoms with van der Waals surface area (Å²) >= 11 is 0. The average Bonchev–Trinajstić information content (AvgIpc) is 2.96. The highest BCUT2D eigenvalue weighted by atomic mass is 16.5. The molecule has 5 heteroatoms. The van der Waals surface area contributed by atoms with Crippen molar-refractivity contribution in [1.82, 2.24) is 10.2 Å². The highest BCUT2D eigenvalue weighted by molar-refractivity contribution is 5.87.